The van der Waals surface area contributed by atoms with E-state index in [-0.39, 0.29) is 17.6 Å². The summed E-state index contributed by atoms with van der Waals surface area (Å²) >= 11 is 0. The maximum Gasteiger partial charge on any atom is 0.239 e. The molecule has 2 saturated heterocycles. The molecule has 104 valence electrons. The third-order valence-corrected chi connectivity index (χ3v) is 4.00. The van der Waals surface area contributed by atoms with E-state index in [0.717, 1.165) is 58.3 Å². The minimum atomic E-state index is -0.109. The van der Waals surface area contributed by atoms with Crippen molar-refractivity contribution in [1.82, 2.24) is 10.2 Å². The lowest BCUT2D eigenvalue weighted by Gasteiger charge is -2.37. The summed E-state index contributed by atoms with van der Waals surface area (Å²) in [5.74, 6) is 0.270. The normalized spacial score (nSPS) is 33.1. The Kier molecular flexibility index (Phi) is 4.62. The summed E-state index contributed by atoms with van der Waals surface area (Å²) in [7, 11) is 0. The lowest BCUT2D eigenvalue weighted by atomic mass is 9.98. The Labute approximate surface area is 110 Å². The van der Waals surface area contributed by atoms with E-state index in [9.17, 15) is 4.79 Å². The van der Waals surface area contributed by atoms with Gasteiger partial charge in [0.05, 0.1) is 11.6 Å². The Hall–Kier alpha value is -0.610. The lowest BCUT2D eigenvalue weighted by Crippen LogP contribution is -2.54. The first-order valence-electron chi connectivity index (χ1n) is 7.31. The van der Waals surface area contributed by atoms with Gasteiger partial charge in [-0.05, 0) is 45.6 Å². The predicted octanol–water partition coefficient (Wildman–Crippen LogP) is 1.55. The molecule has 0 bridgehead atoms. The number of hydrogen-bond acceptors (Lipinski definition) is 3. The average molecular weight is 254 g/mol. The fraction of sp³-hybridized carbons (Fsp3) is 0.929. The maximum absolute atomic E-state index is 12.4. The Bertz CT molecular complexity index is 288. The van der Waals surface area contributed by atoms with Crippen LogP contribution in [0.1, 0.15) is 46.0 Å². The standard InChI is InChI=1S/C14H26N2O2/c1-3-8-15-12-6-4-9-16(13(12)17)11-14(2)7-5-10-18-14/h12,15H,3-11H2,1-2H3. The first kappa shape index (κ1) is 13.8. The molecule has 4 nitrogen and oxygen atoms in total. The molecule has 0 aromatic carbocycles. The van der Waals surface area contributed by atoms with Gasteiger partial charge in [0.2, 0.25) is 5.91 Å². The molecule has 18 heavy (non-hydrogen) atoms. The van der Waals surface area contributed by atoms with Gasteiger partial charge in [0.25, 0.3) is 0 Å². The van der Waals surface area contributed by atoms with Crippen LogP contribution in [-0.4, -0.2) is 48.7 Å². The van der Waals surface area contributed by atoms with Gasteiger partial charge in [-0.1, -0.05) is 6.92 Å². The van der Waals surface area contributed by atoms with E-state index in [2.05, 4.69) is 19.2 Å². The van der Waals surface area contributed by atoms with Gasteiger partial charge in [0.15, 0.2) is 0 Å². The molecule has 2 unspecified atom stereocenters. The maximum atomic E-state index is 12.4. The first-order chi connectivity index (χ1) is 8.64. The van der Waals surface area contributed by atoms with Gasteiger partial charge in [0.1, 0.15) is 0 Å². The predicted molar refractivity (Wildman–Crippen MR) is 71.5 cm³/mol. The van der Waals surface area contributed by atoms with Gasteiger partial charge < -0.3 is 15.0 Å². The van der Waals surface area contributed by atoms with Gasteiger partial charge in [-0.3, -0.25) is 4.79 Å². The second kappa shape index (κ2) is 6.02. The molecule has 2 rings (SSSR count). The zero-order valence-electron chi connectivity index (χ0n) is 11.7. The number of hydrogen-bond donors (Lipinski definition) is 1. The van der Waals surface area contributed by atoms with Crippen LogP contribution in [0.3, 0.4) is 0 Å². The highest BCUT2D eigenvalue weighted by atomic mass is 16.5. The summed E-state index contributed by atoms with van der Waals surface area (Å²) in [6, 6.07) is 0.0312. The summed E-state index contributed by atoms with van der Waals surface area (Å²) in [5.41, 5.74) is -0.109. The molecular formula is C14H26N2O2. The van der Waals surface area contributed by atoms with Crippen LogP contribution in [0.5, 0.6) is 0 Å². The number of rotatable bonds is 5. The minimum Gasteiger partial charge on any atom is -0.373 e. The van der Waals surface area contributed by atoms with E-state index < -0.39 is 0 Å². The van der Waals surface area contributed by atoms with Crippen LogP contribution in [0, 0.1) is 0 Å². The summed E-state index contributed by atoms with van der Waals surface area (Å²) < 4.78 is 5.79. The molecule has 4 heteroatoms. The number of carbonyl (C=O) groups is 1. The molecule has 2 aliphatic rings. The topological polar surface area (TPSA) is 41.6 Å². The second-order valence-corrected chi connectivity index (χ2v) is 5.81. The summed E-state index contributed by atoms with van der Waals surface area (Å²) in [6.07, 6.45) is 5.35. The number of nitrogens with one attached hydrogen (secondary N) is 1. The molecular weight excluding hydrogens is 228 g/mol. The lowest BCUT2D eigenvalue weighted by molar-refractivity contribution is -0.139. The number of carbonyl (C=O) groups excluding carboxylic acids is 1. The Morgan fingerprint density at radius 1 is 1.50 bits per heavy atom. The Balaban J connectivity index is 1.89. The SMILES string of the molecule is CCCNC1CCCN(CC2(C)CCCO2)C1=O. The van der Waals surface area contributed by atoms with Crippen LogP contribution in [0.2, 0.25) is 0 Å². The molecule has 0 aromatic rings. The van der Waals surface area contributed by atoms with Crippen LogP contribution < -0.4 is 5.32 Å². The quantitative estimate of drug-likeness (QED) is 0.809. The van der Waals surface area contributed by atoms with Crippen molar-refractivity contribution in [2.45, 2.75) is 57.6 Å². The van der Waals surface area contributed by atoms with Crippen molar-refractivity contribution < 1.29 is 9.53 Å². The van der Waals surface area contributed by atoms with Crippen LogP contribution in [0.15, 0.2) is 0 Å². The molecule has 2 fully saturated rings. The molecule has 0 spiro atoms. The number of likely N-dealkylation sites (tertiary alicyclic amines) is 1. The van der Waals surface area contributed by atoms with Crippen molar-refractivity contribution in [2.75, 3.05) is 26.2 Å². The van der Waals surface area contributed by atoms with E-state index in [4.69, 9.17) is 4.74 Å². The van der Waals surface area contributed by atoms with Crippen molar-refractivity contribution in [1.29, 1.82) is 0 Å². The van der Waals surface area contributed by atoms with E-state index >= 15 is 0 Å². The Morgan fingerprint density at radius 2 is 2.33 bits per heavy atom. The number of piperidine rings is 1. The van der Waals surface area contributed by atoms with E-state index in [1.54, 1.807) is 0 Å². The van der Waals surface area contributed by atoms with Crippen LogP contribution >= 0.6 is 0 Å². The summed E-state index contributed by atoms with van der Waals surface area (Å²) in [6.45, 7) is 7.69. The average Bonchev–Trinajstić information content (AvgIpc) is 2.77. The fourth-order valence-electron chi connectivity index (χ4n) is 2.97. The zero-order chi connectivity index (χ0) is 13.0. The fourth-order valence-corrected chi connectivity index (χ4v) is 2.97. The summed E-state index contributed by atoms with van der Waals surface area (Å²) in [5, 5.41) is 3.36. The van der Waals surface area contributed by atoms with Crippen molar-refractivity contribution in [3.8, 4) is 0 Å². The molecule has 0 saturated carbocycles. The van der Waals surface area contributed by atoms with Gasteiger partial charge in [0, 0.05) is 19.7 Å². The van der Waals surface area contributed by atoms with Gasteiger partial charge >= 0.3 is 0 Å². The monoisotopic (exact) mass is 254 g/mol. The van der Waals surface area contributed by atoms with Gasteiger partial charge in [-0.25, -0.2) is 0 Å². The first-order valence-corrected chi connectivity index (χ1v) is 7.31. The minimum absolute atomic E-state index is 0.0312. The highest BCUT2D eigenvalue weighted by molar-refractivity contribution is 5.82. The zero-order valence-corrected chi connectivity index (χ0v) is 11.7. The number of nitrogens with zero attached hydrogens (tertiary/aromatic N) is 1. The van der Waals surface area contributed by atoms with Crippen molar-refractivity contribution in [3.63, 3.8) is 0 Å². The molecule has 0 radical (unpaired) electrons. The van der Waals surface area contributed by atoms with E-state index in [1.807, 2.05) is 4.90 Å². The molecule has 1 N–H and O–H groups in total. The third kappa shape index (κ3) is 3.23. The van der Waals surface area contributed by atoms with Crippen LogP contribution in [0.25, 0.3) is 0 Å². The van der Waals surface area contributed by atoms with Crippen molar-refractivity contribution >= 4 is 5.91 Å². The third-order valence-electron chi connectivity index (χ3n) is 4.00. The Morgan fingerprint density at radius 3 is 3.00 bits per heavy atom. The van der Waals surface area contributed by atoms with Crippen molar-refractivity contribution in [3.05, 3.63) is 0 Å². The second-order valence-electron chi connectivity index (χ2n) is 5.81. The van der Waals surface area contributed by atoms with Crippen LogP contribution in [-0.2, 0) is 9.53 Å². The highest BCUT2D eigenvalue weighted by Crippen LogP contribution is 2.27. The largest absolute Gasteiger partial charge is 0.373 e. The molecule has 2 aliphatic heterocycles. The molecule has 2 heterocycles. The molecule has 1 amide bonds. The smallest absolute Gasteiger partial charge is 0.239 e. The van der Waals surface area contributed by atoms with Crippen molar-refractivity contribution in [2.24, 2.45) is 0 Å². The molecule has 0 aromatic heterocycles. The number of ether oxygens (including phenoxy) is 1. The van der Waals surface area contributed by atoms with E-state index in [1.165, 1.54) is 0 Å². The number of amides is 1. The van der Waals surface area contributed by atoms with Crippen LogP contribution in [0.4, 0.5) is 0 Å². The van der Waals surface area contributed by atoms with Gasteiger partial charge in [-0.15, -0.1) is 0 Å². The molecule has 0 aliphatic carbocycles. The summed E-state index contributed by atoms with van der Waals surface area (Å²) in [4.78, 5) is 14.4. The highest BCUT2D eigenvalue weighted by Gasteiger charge is 2.36. The van der Waals surface area contributed by atoms with Gasteiger partial charge in [-0.2, -0.15) is 0 Å². The van der Waals surface area contributed by atoms with E-state index in [0.29, 0.717) is 0 Å². The molecule has 2 atom stereocenters.